The standard InChI is InChI=1S/C13H23N5O2/c1-9(2)11(19)8-20-12-7-5-3-4-6-10-13(12)15-17-18(10)16-14/h9,12,16H,3-8,14H2,1-2H3. The number of aromatic nitrogens is 3. The molecule has 0 aliphatic heterocycles. The number of carbonyl (C=O) groups is 1. The Morgan fingerprint density at radius 3 is 3.00 bits per heavy atom. The quantitative estimate of drug-likeness (QED) is 0.620. The zero-order valence-electron chi connectivity index (χ0n) is 12.1. The molecule has 0 bridgehead atoms. The van der Waals surface area contributed by atoms with E-state index in [1.165, 1.54) is 4.79 Å². The summed E-state index contributed by atoms with van der Waals surface area (Å²) in [4.78, 5) is 13.2. The molecule has 1 atom stereocenters. The second-order valence-corrected chi connectivity index (χ2v) is 5.48. The van der Waals surface area contributed by atoms with Crippen LogP contribution in [0.1, 0.15) is 57.0 Å². The minimum absolute atomic E-state index is 0.00980. The molecular formula is C13H23N5O2. The van der Waals surface area contributed by atoms with Gasteiger partial charge in [0.15, 0.2) is 5.78 Å². The summed E-state index contributed by atoms with van der Waals surface area (Å²) in [5.41, 5.74) is 4.27. The van der Waals surface area contributed by atoms with E-state index in [1.807, 2.05) is 13.8 Å². The van der Waals surface area contributed by atoms with E-state index in [9.17, 15) is 4.79 Å². The molecule has 0 radical (unpaired) electrons. The Kier molecular flexibility index (Phi) is 5.08. The van der Waals surface area contributed by atoms with Gasteiger partial charge in [-0.1, -0.05) is 26.7 Å². The van der Waals surface area contributed by atoms with Gasteiger partial charge in [-0.15, -0.1) is 9.89 Å². The summed E-state index contributed by atoms with van der Waals surface area (Å²) in [7, 11) is 0. The molecule has 0 saturated heterocycles. The van der Waals surface area contributed by atoms with Crippen LogP contribution in [0.15, 0.2) is 0 Å². The van der Waals surface area contributed by atoms with Crippen LogP contribution in [0, 0.1) is 5.92 Å². The Balaban J connectivity index is 2.12. The lowest BCUT2D eigenvalue weighted by Crippen LogP contribution is -2.26. The first-order chi connectivity index (χ1) is 9.63. The fraction of sp³-hybridized carbons (Fsp3) is 0.769. The minimum atomic E-state index is -0.171. The van der Waals surface area contributed by atoms with E-state index in [4.69, 9.17) is 10.6 Å². The number of hydrazine groups is 1. The van der Waals surface area contributed by atoms with Gasteiger partial charge >= 0.3 is 0 Å². The molecule has 0 amide bonds. The molecule has 0 fully saturated rings. The van der Waals surface area contributed by atoms with Crippen molar-refractivity contribution < 1.29 is 9.53 Å². The third-order valence-corrected chi connectivity index (χ3v) is 3.67. The summed E-state index contributed by atoms with van der Waals surface area (Å²) in [6.07, 6.45) is 4.84. The molecule has 0 saturated carbocycles. The fourth-order valence-electron chi connectivity index (χ4n) is 2.35. The Labute approximate surface area is 118 Å². The van der Waals surface area contributed by atoms with Crippen molar-refractivity contribution in [1.29, 1.82) is 0 Å². The van der Waals surface area contributed by atoms with Gasteiger partial charge in [0.25, 0.3) is 0 Å². The molecule has 1 aromatic rings. The monoisotopic (exact) mass is 281 g/mol. The second kappa shape index (κ2) is 6.81. The molecule has 1 heterocycles. The van der Waals surface area contributed by atoms with E-state index < -0.39 is 0 Å². The number of fused-ring (bicyclic) bond motifs is 1. The van der Waals surface area contributed by atoms with Gasteiger partial charge in [0.05, 0.1) is 5.69 Å². The number of nitrogens with zero attached hydrogens (tertiary/aromatic N) is 3. The highest BCUT2D eigenvalue weighted by Gasteiger charge is 2.25. The summed E-state index contributed by atoms with van der Waals surface area (Å²) < 4.78 is 5.79. The first-order valence-electron chi connectivity index (χ1n) is 7.19. The third-order valence-electron chi connectivity index (χ3n) is 3.67. The summed E-state index contributed by atoms with van der Waals surface area (Å²) in [5, 5.41) is 8.15. The number of nitrogens with one attached hydrogen (secondary N) is 1. The van der Waals surface area contributed by atoms with E-state index in [0.717, 1.165) is 43.5 Å². The van der Waals surface area contributed by atoms with Crippen molar-refractivity contribution >= 4 is 5.78 Å². The third kappa shape index (κ3) is 3.34. The van der Waals surface area contributed by atoms with Crippen LogP contribution in [0.3, 0.4) is 0 Å². The molecule has 1 aliphatic carbocycles. The molecule has 3 N–H and O–H groups in total. The SMILES string of the molecule is CC(C)C(=O)COC1CCCCCc2c1nnn2NN. The fourth-order valence-corrected chi connectivity index (χ4v) is 2.35. The van der Waals surface area contributed by atoms with E-state index in [0.29, 0.717) is 0 Å². The molecule has 1 unspecified atom stereocenters. The van der Waals surface area contributed by atoms with Crippen LogP contribution in [-0.4, -0.2) is 27.5 Å². The van der Waals surface area contributed by atoms with E-state index in [2.05, 4.69) is 15.8 Å². The molecule has 1 aliphatic rings. The van der Waals surface area contributed by atoms with Crippen LogP contribution in [0.2, 0.25) is 0 Å². The van der Waals surface area contributed by atoms with Gasteiger partial charge in [0, 0.05) is 5.92 Å². The summed E-state index contributed by atoms with van der Waals surface area (Å²) >= 11 is 0. The Bertz CT molecular complexity index is 458. The minimum Gasteiger partial charge on any atom is -0.364 e. The maximum Gasteiger partial charge on any atom is 0.161 e. The number of carbonyl (C=O) groups excluding carboxylic acids is 1. The molecule has 7 nitrogen and oxygen atoms in total. The number of Topliss-reactive ketones (excluding diaryl/α,β-unsaturated/α-hetero) is 1. The van der Waals surface area contributed by atoms with Gasteiger partial charge in [-0.3, -0.25) is 4.79 Å². The number of hydrogen-bond acceptors (Lipinski definition) is 6. The van der Waals surface area contributed by atoms with Gasteiger partial charge in [-0.25, -0.2) is 11.4 Å². The first-order valence-corrected chi connectivity index (χ1v) is 7.19. The van der Waals surface area contributed by atoms with E-state index in [-0.39, 0.29) is 24.4 Å². The summed E-state index contributed by atoms with van der Waals surface area (Å²) in [5.74, 6) is 5.53. The van der Waals surface area contributed by atoms with Crippen molar-refractivity contribution in [3.05, 3.63) is 11.4 Å². The van der Waals surface area contributed by atoms with Crippen molar-refractivity contribution in [2.75, 3.05) is 12.1 Å². The average molecular weight is 281 g/mol. The Morgan fingerprint density at radius 2 is 2.30 bits per heavy atom. The van der Waals surface area contributed by atoms with Gasteiger partial charge in [0.1, 0.15) is 18.4 Å². The zero-order valence-corrected chi connectivity index (χ0v) is 12.1. The average Bonchev–Trinajstić information content (AvgIpc) is 2.80. The maximum atomic E-state index is 11.7. The predicted octanol–water partition coefficient (Wildman–Crippen LogP) is 1.09. The number of nitrogens with two attached hydrogens (primary N) is 1. The molecule has 112 valence electrons. The molecule has 1 aromatic heterocycles. The molecule has 20 heavy (non-hydrogen) atoms. The Hall–Kier alpha value is -1.47. The topological polar surface area (TPSA) is 95.1 Å². The van der Waals surface area contributed by atoms with Crippen molar-refractivity contribution in [2.24, 2.45) is 11.8 Å². The van der Waals surface area contributed by atoms with Crippen LogP contribution < -0.4 is 11.4 Å². The van der Waals surface area contributed by atoms with Crippen LogP contribution in [0.25, 0.3) is 0 Å². The van der Waals surface area contributed by atoms with Crippen LogP contribution >= 0.6 is 0 Å². The zero-order chi connectivity index (χ0) is 14.5. The highest BCUT2D eigenvalue weighted by Crippen LogP contribution is 2.28. The Morgan fingerprint density at radius 1 is 1.50 bits per heavy atom. The summed E-state index contributed by atoms with van der Waals surface area (Å²) in [6.45, 7) is 3.89. The van der Waals surface area contributed by atoms with Gasteiger partial charge < -0.3 is 4.74 Å². The number of ether oxygens (including phenoxy) is 1. The highest BCUT2D eigenvalue weighted by molar-refractivity contribution is 5.81. The number of nitrogen functional groups attached to an aromatic ring is 1. The lowest BCUT2D eigenvalue weighted by atomic mass is 9.99. The second-order valence-electron chi connectivity index (χ2n) is 5.48. The largest absolute Gasteiger partial charge is 0.364 e. The predicted molar refractivity (Wildman–Crippen MR) is 74.3 cm³/mol. The molecule has 2 rings (SSSR count). The van der Waals surface area contributed by atoms with Crippen molar-refractivity contribution in [3.63, 3.8) is 0 Å². The van der Waals surface area contributed by atoms with Gasteiger partial charge in [-0.05, 0) is 24.5 Å². The van der Waals surface area contributed by atoms with Crippen molar-refractivity contribution in [1.82, 2.24) is 15.1 Å². The lowest BCUT2D eigenvalue weighted by Gasteiger charge is -2.20. The first kappa shape index (κ1) is 14.9. The smallest absolute Gasteiger partial charge is 0.161 e. The number of hydrogen-bond donors (Lipinski definition) is 2. The molecular weight excluding hydrogens is 258 g/mol. The van der Waals surface area contributed by atoms with Crippen LogP contribution in [-0.2, 0) is 16.0 Å². The molecule has 0 spiro atoms. The lowest BCUT2D eigenvalue weighted by molar-refractivity contribution is -0.129. The van der Waals surface area contributed by atoms with E-state index >= 15 is 0 Å². The number of ketones is 1. The van der Waals surface area contributed by atoms with Crippen molar-refractivity contribution in [2.45, 2.75) is 52.1 Å². The van der Waals surface area contributed by atoms with Crippen molar-refractivity contribution in [3.8, 4) is 0 Å². The van der Waals surface area contributed by atoms with Crippen LogP contribution in [0.4, 0.5) is 0 Å². The molecule has 0 aromatic carbocycles. The normalized spacial score (nSPS) is 19.3. The van der Waals surface area contributed by atoms with Gasteiger partial charge in [0.2, 0.25) is 0 Å². The number of rotatable bonds is 5. The van der Waals surface area contributed by atoms with Gasteiger partial charge in [-0.2, -0.15) is 0 Å². The van der Waals surface area contributed by atoms with Crippen LogP contribution in [0.5, 0.6) is 0 Å². The maximum absolute atomic E-state index is 11.7. The highest BCUT2D eigenvalue weighted by atomic mass is 16.5. The molecule has 7 heteroatoms. The van der Waals surface area contributed by atoms with E-state index in [1.54, 1.807) is 0 Å². The summed E-state index contributed by atoms with van der Waals surface area (Å²) in [6, 6.07) is 0.